The second kappa shape index (κ2) is 5.01. The minimum atomic E-state index is -0.405. The Labute approximate surface area is 103 Å². The lowest BCUT2D eigenvalue weighted by Crippen LogP contribution is -2.10. The average Bonchev–Trinajstić information content (AvgIpc) is 2.73. The summed E-state index contributed by atoms with van der Waals surface area (Å²) in [5.41, 5.74) is 6.81. The number of benzene rings is 1. The maximum atomic E-state index is 10.9. The molecule has 0 radical (unpaired) electrons. The van der Waals surface area contributed by atoms with Gasteiger partial charge in [0.05, 0.1) is 0 Å². The summed E-state index contributed by atoms with van der Waals surface area (Å²) < 4.78 is 1.86. The zero-order chi connectivity index (χ0) is 12.3. The summed E-state index contributed by atoms with van der Waals surface area (Å²) in [6.07, 6.45) is 1.67. The summed E-state index contributed by atoms with van der Waals surface area (Å²) >= 11 is 1.59. The quantitative estimate of drug-likeness (QED) is 0.825. The molecule has 0 spiro atoms. The van der Waals surface area contributed by atoms with E-state index in [-0.39, 0.29) is 0 Å². The Morgan fingerprint density at radius 1 is 1.41 bits per heavy atom. The molecule has 0 fully saturated rings. The summed E-state index contributed by atoms with van der Waals surface area (Å²) in [7, 11) is 1.90. The highest BCUT2D eigenvalue weighted by molar-refractivity contribution is 7.98. The van der Waals surface area contributed by atoms with E-state index in [1.165, 1.54) is 0 Å². The fourth-order valence-electron chi connectivity index (χ4n) is 1.32. The first-order valence-electron chi connectivity index (χ1n) is 5.02. The lowest BCUT2D eigenvalue weighted by atomic mass is 10.1. The van der Waals surface area contributed by atoms with Gasteiger partial charge in [0.15, 0.2) is 5.16 Å². The highest BCUT2D eigenvalue weighted by Gasteiger charge is 2.03. The van der Waals surface area contributed by atoms with Gasteiger partial charge in [0, 0.05) is 18.4 Å². The number of hydrogen-bond acceptors (Lipinski definition) is 4. The number of aryl methyl sites for hydroxylation is 1. The van der Waals surface area contributed by atoms with Crippen LogP contribution >= 0.6 is 11.8 Å². The van der Waals surface area contributed by atoms with Crippen molar-refractivity contribution < 1.29 is 4.79 Å². The second-order valence-corrected chi connectivity index (χ2v) is 4.52. The predicted octanol–water partition coefficient (Wildman–Crippen LogP) is 1.21. The van der Waals surface area contributed by atoms with Crippen molar-refractivity contribution in [3.05, 3.63) is 41.7 Å². The fraction of sp³-hybridized carbons (Fsp3) is 0.182. The van der Waals surface area contributed by atoms with E-state index in [4.69, 9.17) is 5.73 Å². The molecule has 5 nitrogen and oxygen atoms in total. The third-order valence-corrected chi connectivity index (χ3v) is 3.38. The van der Waals surface area contributed by atoms with Gasteiger partial charge < -0.3 is 10.3 Å². The zero-order valence-corrected chi connectivity index (χ0v) is 10.1. The molecule has 0 atom stereocenters. The predicted molar refractivity (Wildman–Crippen MR) is 65.5 cm³/mol. The Morgan fingerprint density at radius 3 is 2.65 bits per heavy atom. The molecule has 6 heteroatoms. The molecule has 1 heterocycles. The van der Waals surface area contributed by atoms with Gasteiger partial charge in [-0.3, -0.25) is 4.79 Å². The van der Waals surface area contributed by atoms with Crippen LogP contribution in [-0.2, 0) is 12.8 Å². The van der Waals surface area contributed by atoms with Crippen LogP contribution in [0.25, 0.3) is 0 Å². The van der Waals surface area contributed by atoms with Gasteiger partial charge in [0.25, 0.3) is 0 Å². The van der Waals surface area contributed by atoms with Crippen LogP contribution in [0.2, 0.25) is 0 Å². The molecule has 1 aromatic heterocycles. The summed E-state index contributed by atoms with van der Waals surface area (Å²) in [6, 6.07) is 7.25. The SMILES string of the molecule is Cn1cnnc1SCc1ccc(C(N)=O)cc1. The molecule has 88 valence electrons. The maximum Gasteiger partial charge on any atom is 0.248 e. The second-order valence-electron chi connectivity index (χ2n) is 3.57. The highest BCUT2D eigenvalue weighted by atomic mass is 32.2. The van der Waals surface area contributed by atoms with Gasteiger partial charge >= 0.3 is 0 Å². The van der Waals surface area contributed by atoms with Crippen molar-refractivity contribution in [3.8, 4) is 0 Å². The van der Waals surface area contributed by atoms with Crippen LogP contribution in [-0.4, -0.2) is 20.7 Å². The molecule has 1 aromatic carbocycles. The van der Waals surface area contributed by atoms with E-state index in [9.17, 15) is 4.79 Å². The lowest BCUT2D eigenvalue weighted by molar-refractivity contribution is 0.100. The van der Waals surface area contributed by atoms with Crippen molar-refractivity contribution in [2.75, 3.05) is 0 Å². The van der Waals surface area contributed by atoms with Gasteiger partial charge in [-0.15, -0.1) is 10.2 Å². The smallest absolute Gasteiger partial charge is 0.248 e. The molecule has 2 rings (SSSR count). The molecule has 2 aromatic rings. The molecule has 0 saturated heterocycles. The minimum Gasteiger partial charge on any atom is -0.366 e. The Bertz CT molecular complexity index is 521. The molecular weight excluding hydrogens is 236 g/mol. The highest BCUT2D eigenvalue weighted by Crippen LogP contribution is 2.19. The van der Waals surface area contributed by atoms with Gasteiger partial charge in [-0.05, 0) is 17.7 Å². The number of thioether (sulfide) groups is 1. The largest absolute Gasteiger partial charge is 0.366 e. The standard InChI is InChI=1S/C11H12N4OS/c1-15-7-13-14-11(15)17-6-8-2-4-9(5-3-8)10(12)16/h2-5,7H,6H2,1H3,(H2,12,16). The Kier molecular flexibility index (Phi) is 3.43. The molecule has 0 bridgehead atoms. The number of amides is 1. The van der Waals surface area contributed by atoms with Crippen molar-refractivity contribution in [2.45, 2.75) is 10.9 Å². The van der Waals surface area contributed by atoms with E-state index in [0.717, 1.165) is 16.5 Å². The van der Waals surface area contributed by atoms with Crippen LogP contribution in [0.3, 0.4) is 0 Å². The normalized spacial score (nSPS) is 10.4. The summed E-state index contributed by atoms with van der Waals surface area (Å²) in [5.74, 6) is 0.378. The maximum absolute atomic E-state index is 10.9. The molecule has 0 saturated carbocycles. The van der Waals surface area contributed by atoms with Crippen LogP contribution in [0.1, 0.15) is 15.9 Å². The van der Waals surface area contributed by atoms with Crippen LogP contribution in [0, 0.1) is 0 Å². The molecule has 0 unspecified atom stereocenters. The van der Waals surface area contributed by atoms with E-state index in [1.807, 2.05) is 23.7 Å². The van der Waals surface area contributed by atoms with Crippen molar-refractivity contribution >= 4 is 17.7 Å². The first-order valence-corrected chi connectivity index (χ1v) is 6.01. The molecular formula is C11H12N4OS. The lowest BCUT2D eigenvalue weighted by Gasteiger charge is -2.02. The molecule has 0 aliphatic carbocycles. The Balaban J connectivity index is 2.00. The van der Waals surface area contributed by atoms with Gasteiger partial charge in [0.2, 0.25) is 5.91 Å². The van der Waals surface area contributed by atoms with Crippen LogP contribution in [0.4, 0.5) is 0 Å². The van der Waals surface area contributed by atoms with E-state index in [2.05, 4.69) is 10.2 Å². The molecule has 17 heavy (non-hydrogen) atoms. The number of hydrogen-bond donors (Lipinski definition) is 1. The van der Waals surface area contributed by atoms with E-state index >= 15 is 0 Å². The first-order chi connectivity index (χ1) is 8.16. The molecule has 1 amide bonds. The molecule has 0 aliphatic rings. The van der Waals surface area contributed by atoms with E-state index < -0.39 is 5.91 Å². The topological polar surface area (TPSA) is 73.8 Å². The summed E-state index contributed by atoms with van der Waals surface area (Å²) in [4.78, 5) is 10.9. The summed E-state index contributed by atoms with van der Waals surface area (Å²) in [5, 5.41) is 8.65. The summed E-state index contributed by atoms with van der Waals surface area (Å²) in [6.45, 7) is 0. The Morgan fingerprint density at radius 2 is 2.12 bits per heavy atom. The van der Waals surface area contributed by atoms with Crippen LogP contribution < -0.4 is 5.73 Å². The fourth-order valence-corrected chi connectivity index (χ4v) is 2.16. The monoisotopic (exact) mass is 248 g/mol. The Hall–Kier alpha value is -1.82. The number of carbonyl (C=O) groups is 1. The van der Waals surface area contributed by atoms with Crippen LogP contribution in [0.15, 0.2) is 35.7 Å². The van der Waals surface area contributed by atoms with Crippen molar-refractivity contribution in [1.82, 2.24) is 14.8 Å². The van der Waals surface area contributed by atoms with Gasteiger partial charge in [0.1, 0.15) is 6.33 Å². The third-order valence-electron chi connectivity index (χ3n) is 2.28. The third kappa shape index (κ3) is 2.85. The van der Waals surface area contributed by atoms with Crippen molar-refractivity contribution in [2.24, 2.45) is 12.8 Å². The number of primary amides is 1. The average molecular weight is 248 g/mol. The van der Waals surface area contributed by atoms with Crippen LogP contribution in [0.5, 0.6) is 0 Å². The van der Waals surface area contributed by atoms with Gasteiger partial charge in [-0.1, -0.05) is 23.9 Å². The number of carbonyl (C=O) groups excluding carboxylic acids is 1. The van der Waals surface area contributed by atoms with Crippen molar-refractivity contribution in [1.29, 1.82) is 0 Å². The molecule has 2 N–H and O–H groups in total. The number of nitrogens with zero attached hydrogens (tertiary/aromatic N) is 3. The number of rotatable bonds is 4. The number of aromatic nitrogens is 3. The first kappa shape index (κ1) is 11.7. The van der Waals surface area contributed by atoms with Gasteiger partial charge in [-0.2, -0.15) is 0 Å². The van der Waals surface area contributed by atoms with E-state index in [1.54, 1.807) is 30.2 Å². The van der Waals surface area contributed by atoms with E-state index in [0.29, 0.717) is 5.56 Å². The zero-order valence-electron chi connectivity index (χ0n) is 9.33. The minimum absolute atomic E-state index is 0.405. The van der Waals surface area contributed by atoms with Gasteiger partial charge in [-0.25, -0.2) is 0 Å². The molecule has 0 aliphatic heterocycles. The number of nitrogens with two attached hydrogens (primary N) is 1. The van der Waals surface area contributed by atoms with Crippen molar-refractivity contribution in [3.63, 3.8) is 0 Å².